The van der Waals surface area contributed by atoms with Gasteiger partial charge in [0, 0.05) is 11.1 Å². The van der Waals surface area contributed by atoms with Crippen molar-refractivity contribution in [1.82, 2.24) is 19.6 Å². The van der Waals surface area contributed by atoms with Crippen LogP contribution < -0.4 is 14.2 Å². The second-order valence-electron chi connectivity index (χ2n) is 8.97. The van der Waals surface area contributed by atoms with E-state index in [0.717, 1.165) is 44.9 Å². The van der Waals surface area contributed by atoms with Gasteiger partial charge in [0.05, 0.1) is 19.6 Å². The van der Waals surface area contributed by atoms with Crippen molar-refractivity contribution in [3.63, 3.8) is 0 Å². The smallest absolute Gasteiger partial charge is 0.232 e. The lowest BCUT2D eigenvalue weighted by molar-refractivity contribution is 0.294. The number of ether oxygens (including phenoxy) is 3. The lowest BCUT2D eigenvalue weighted by atomic mass is 9.99. The van der Waals surface area contributed by atoms with Crippen molar-refractivity contribution < 1.29 is 18.6 Å². The molecule has 0 radical (unpaired) electrons. The van der Waals surface area contributed by atoms with Gasteiger partial charge in [0.25, 0.3) is 0 Å². The number of benzene rings is 3. The molecule has 0 saturated heterocycles. The monoisotopic (exact) mass is 506 g/mol. The summed E-state index contributed by atoms with van der Waals surface area (Å²) < 4.78 is 24.8. The molecule has 3 aromatic heterocycles. The van der Waals surface area contributed by atoms with Gasteiger partial charge in [-0.1, -0.05) is 24.3 Å². The quantitative estimate of drug-likeness (QED) is 0.247. The van der Waals surface area contributed by atoms with E-state index in [-0.39, 0.29) is 6.61 Å². The number of fused-ring (bicyclic) bond motifs is 3. The fourth-order valence-electron chi connectivity index (χ4n) is 4.51. The van der Waals surface area contributed by atoms with Crippen molar-refractivity contribution >= 4 is 16.7 Å². The largest absolute Gasteiger partial charge is 0.497 e. The van der Waals surface area contributed by atoms with E-state index in [2.05, 4.69) is 23.1 Å². The maximum atomic E-state index is 6.35. The van der Waals surface area contributed by atoms with E-state index < -0.39 is 0 Å². The van der Waals surface area contributed by atoms with E-state index >= 15 is 0 Å². The Morgan fingerprint density at radius 3 is 2.21 bits per heavy atom. The Kier molecular flexibility index (Phi) is 5.92. The van der Waals surface area contributed by atoms with Crippen molar-refractivity contribution in [2.75, 3.05) is 14.2 Å². The minimum absolute atomic E-state index is 0.231. The van der Waals surface area contributed by atoms with Gasteiger partial charge in [-0.3, -0.25) is 0 Å². The molecule has 0 aliphatic heterocycles. The molecule has 190 valence electrons. The van der Waals surface area contributed by atoms with Crippen molar-refractivity contribution in [3.8, 4) is 39.7 Å². The molecule has 8 nitrogen and oxygen atoms in total. The van der Waals surface area contributed by atoms with Crippen LogP contribution in [0, 0.1) is 13.8 Å². The summed E-state index contributed by atoms with van der Waals surface area (Å²) >= 11 is 0. The Bertz CT molecular complexity index is 1750. The summed E-state index contributed by atoms with van der Waals surface area (Å²) in [7, 11) is 3.29. The molecule has 3 heterocycles. The molecule has 0 bridgehead atoms. The third kappa shape index (κ3) is 4.10. The van der Waals surface area contributed by atoms with Gasteiger partial charge in [-0.25, -0.2) is 14.5 Å². The van der Waals surface area contributed by atoms with Crippen LogP contribution in [0.3, 0.4) is 0 Å². The Morgan fingerprint density at radius 1 is 0.842 bits per heavy atom. The minimum atomic E-state index is 0.231. The summed E-state index contributed by atoms with van der Waals surface area (Å²) in [5.74, 6) is 3.58. The van der Waals surface area contributed by atoms with E-state index in [1.54, 1.807) is 25.1 Å². The van der Waals surface area contributed by atoms with Gasteiger partial charge in [-0.15, -0.1) is 5.10 Å². The molecule has 0 spiro atoms. The fourth-order valence-corrected chi connectivity index (χ4v) is 4.51. The van der Waals surface area contributed by atoms with Gasteiger partial charge in [0.2, 0.25) is 5.71 Å². The molecule has 3 aromatic carbocycles. The predicted molar refractivity (Wildman–Crippen MR) is 145 cm³/mol. The van der Waals surface area contributed by atoms with Gasteiger partial charge >= 0.3 is 0 Å². The SMILES string of the molecule is COc1ccc(-c2oc3ncn4nc(COc5cccc(C)c5C)nc4c3c2-c2ccc(OC)cc2)cc1. The molecule has 0 amide bonds. The molecule has 0 aliphatic carbocycles. The zero-order chi connectivity index (χ0) is 26.2. The summed E-state index contributed by atoms with van der Waals surface area (Å²) in [6.07, 6.45) is 1.62. The zero-order valence-electron chi connectivity index (χ0n) is 21.6. The topological polar surface area (TPSA) is 83.9 Å². The predicted octanol–water partition coefficient (Wildman–Crippen LogP) is 6.42. The molecular weight excluding hydrogens is 480 g/mol. The van der Waals surface area contributed by atoms with Crippen molar-refractivity contribution in [3.05, 3.63) is 90.0 Å². The van der Waals surface area contributed by atoms with E-state index in [1.165, 1.54) is 5.56 Å². The highest BCUT2D eigenvalue weighted by atomic mass is 16.5. The lowest BCUT2D eigenvalue weighted by Crippen LogP contribution is -2.00. The first kappa shape index (κ1) is 23.5. The average Bonchev–Trinajstić information content (AvgIpc) is 3.55. The molecule has 6 aromatic rings. The first-order valence-electron chi connectivity index (χ1n) is 12.2. The Morgan fingerprint density at radius 2 is 1.53 bits per heavy atom. The second-order valence-corrected chi connectivity index (χ2v) is 8.97. The van der Waals surface area contributed by atoms with Crippen LogP contribution in [-0.2, 0) is 6.61 Å². The van der Waals surface area contributed by atoms with E-state index in [4.69, 9.17) is 23.6 Å². The van der Waals surface area contributed by atoms with Crippen LogP contribution in [0.5, 0.6) is 17.2 Å². The molecule has 38 heavy (non-hydrogen) atoms. The fraction of sp³-hybridized carbons (Fsp3) is 0.167. The summed E-state index contributed by atoms with van der Waals surface area (Å²) in [6, 6.07) is 21.6. The number of methoxy groups -OCH3 is 2. The Balaban J connectivity index is 1.49. The third-order valence-corrected chi connectivity index (χ3v) is 6.72. The van der Waals surface area contributed by atoms with E-state index in [0.29, 0.717) is 22.9 Å². The van der Waals surface area contributed by atoms with Crippen molar-refractivity contribution in [2.24, 2.45) is 0 Å². The van der Waals surface area contributed by atoms with Crippen LogP contribution in [-0.4, -0.2) is 33.8 Å². The molecule has 6 rings (SSSR count). The third-order valence-electron chi connectivity index (χ3n) is 6.72. The van der Waals surface area contributed by atoms with Crippen LogP contribution in [0.1, 0.15) is 17.0 Å². The van der Waals surface area contributed by atoms with Gasteiger partial charge in [-0.05, 0) is 73.0 Å². The second kappa shape index (κ2) is 9.55. The lowest BCUT2D eigenvalue weighted by Gasteiger charge is -2.08. The molecule has 0 atom stereocenters. The Hall–Kier alpha value is -4.85. The highest BCUT2D eigenvalue weighted by Crippen LogP contribution is 2.42. The molecule has 8 heteroatoms. The number of aryl methyl sites for hydroxylation is 1. The van der Waals surface area contributed by atoms with Crippen LogP contribution in [0.25, 0.3) is 39.2 Å². The normalized spacial score (nSPS) is 11.3. The van der Waals surface area contributed by atoms with Gasteiger partial charge in [0.15, 0.2) is 11.5 Å². The molecular formula is C30H26N4O4. The number of aromatic nitrogens is 4. The van der Waals surface area contributed by atoms with Crippen LogP contribution in [0.2, 0.25) is 0 Å². The van der Waals surface area contributed by atoms with E-state index in [9.17, 15) is 0 Å². The molecule has 0 fully saturated rings. The van der Waals surface area contributed by atoms with Crippen LogP contribution in [0.15, 0.2) is 77.5 Å². The number of hydrogen-bond acceptors (Lipinski definition) is 7. The van der Waals surface area contributed by atoms with Gasteiger partial charge in [0.1, 0.15) is 35.9 Å². The average molecular weight is 507 g/mol. The Labute approximate surface area is 219 Å². The van der Waals surface area contributed by atoms with Crippen LogP contribution in [0.4, 0.5) is 0 Å². The molecule has 0 saturated carbocycles. The standard InChI is InChI=1S/C30H26N4O4/c1-18-6-5-7-24(19(18)2)37-16-25-32-29-27-26(20-8-12-22(35-3)13-9-20)28(21-10-14-23(36-4)15-11-21)38-30(27)31-17-34(29)33-25/h5-15,17H,16H2,1-4H3. The summed E-state index contributed by atoms with van der Waals surface area (Å²) in [6.45, 7) is 4.34. The minimum Gasteiger partial charge on any atom is -0.497 e. The first-order chi connectivity index (χ1) is 18.6. The van der Waals surface area contributed by atoms with E-state index in [1.807, 2.05) is 67.6 Å². The maximum absolute atomic E-state index is 6.35. The van der Waals surface area contributed by atoms with Gasteiger partial charge < -0.3 is 18.6 Å². The molecule has 0 N–H and O–H groups in total. The number of hydrogen-bond donors (Lipinski definition) is 0. The summed E-state index contributed by atoms with van der Waals surface area (Å²) in [4.78, 5) is 9.41. The zero-order valence-corrected chi connectivity index (χ0v) is 21.6. The molecule has 0 unspecified atom stereocenters. The maximum Gasteiger partial charge on any atom is 0.232 e. The van der Waals surface area contributed by atoms with Gasteiger partial charge in [-0.2, -0.15) is 0 Å². The highest BCUT2D eigenvalue weighted by Gasteiger charge is 2.23. The summed E-state index contributed by atoms with van der Waals surface area (Å²) in [5.41, 5.74) is 6.10. The number of rotatable bonds is 7. The van der Waals surface area contributed by atoms with Crippen molar-refractivity contribution in [1.29, 1.82) is 0 Å². The number of nitrogens with zero attached hydrogens (tertiary/aromatic N) is 4. The van der Waals surface area contributed by atoms with Crippen LogP contribution >= 0.6 is 0 Å². The van der Waals surface area contributed by atoms with Crippen molar-refractivity contribution in [2.45, 2.75) is 20.5 Å². The highest BCUT2D eigenvalue weighted by molar-refractivity contribution is 6.07. The first-order valence-corrected chi connectivity index (χ1v) is 12.2. The summed E-state index contributed by atoms with van der Waals surface area (Å²) in [5, 5.41) is 5.41. The molecule has 0 aliphatic rings. The number of furan rings is 1.